The van der Waals surface area contributed by atoms with Crippen LogP contribution in [0.2, 0.25) is 39.3 Å². The van der Waals surface area contributed by atoms with Gasteiger partial charge in [-0.2, -0.15) is 0 Å². The summed E-state index contributed by atoms with van der Waals surface area (Å²) in [4.78, 5) is 0. The van der Waals surface area contributed by atoms with Gasteiger partial charge in [-0.05, 0) is 71.9 Å². The summed E-state index contributed by atoms with van der Waals surface area (Å²) in [6.07, 6.45) is 5.15. The summed E-state index contributed by atoms with van der Waals surface area (Å²) in [7, 11) is -2.79. The Hall–Kier alpha value is 0.354. The summed E-state index contributed by atoms with van der Waals surface area (Å²) in [5, 5.41) is 0. The maximum absolute atomic E-state index is 6.34. The molecule has 0 bridgehead atoms. The molecular weight excluding hydrogens is 244 g/mol. The zero-order valence-electron chi connectivity index (χ0n) is 12.7. The Morgan fingerprint density at radius 1 is 0.882 bits per heavy atom. The third-order valence-electron chi connectivity index (χ3n) is 3.06. The van der Waals surface area contributed by atoms with E-state index in [0.29, 0.717) is 6.10 Å². The van der Waals surface area contributed by atoms with Gasteiger partial charge in [0, 0.05) is 6.10 Å². The second-order valence-electron chi connectivity index (χ2n) is 7.59. The number of hydrogen-bond acceptors (Lipinski definition) is 2. The van der Waals surface area contributed by atoms with E-state index in [2.05, 4.69) is 46.2 Å². The molecule has 0 aromatic rings. The number of rotatable bonds is 4. The lowest BCUT2D eigenvalue weighted by molar-refractivity contribution is 0.00152. The predicted molar refractivity (Wildman–Crippen MR) is 79.5 cm³/mol. The van der Waals surface area contributed by atoms with Gasteiger partial charge in [0.2, 0.25) is 0 Å². The third kappa shape index (κ3) is 6.18. The third-order valence-corrected chi connectivity index (χ3v) is 5.21. The molecule has 0 spiro atoms. The van der Waals surface area contributed by atoms with Gasteiger partial charge in [-0.1, -0.05) is 0 Å². The molecule has 1 aliphatic carbocycles. The van der Waals surface area contributed by atoms with Gasteiger partial charge in [0.15, 0.2) is 16.6 Å². The van der Waals surface area contributed by atoms with E-state index in [1.165, 1.54) is 12.8 Å². The van der Waals surface area contributed by atoms with E-state index in [1.807, 2.05) is 0 Å². The van der Waals surface area contributed by atoms with E-state index >= 15 is 0 Å². The van der Waals surface area contributed by atoms with Crippen molar-refractivity contribution in [3.63, 3.8) is 0 Å². The first-order chi connectivity index (χ1) is 7.49. The summed E-state index contributed by atoms with van der Waals surface area (Å²) < 4.78 is 12.5. The van der Waals surface area contributed by atoms with Crippen LogP contribution in [0.3, 0.4) is 0 Å². The Bertz CT molecular complexity index is 245. The molecule has 0 N–H and O–H groups in total. The fourth-order valence-corrected chi connectivity index (χ4v) is 5.58. The first-order valence-electron chi connectivity index (χ1n) is 6.87. The minimum Gasteiger partial charge on any atom is -0.415 e. The Kier molecular flexibility index (Phi) is 4.67. The van der Waals surface area contributed by atoms with Gasteiger partial charge in [-0.15, -0.1) is 0 Å². The zero-order chi connectivity index (χ0) is 13.3. The Balaban J connectivity index is 2.45. The number of hydrogen-bond donors (Lipinski definition) is 0. The van der Waals surface area contributed by atoms with Crippen LogP contribution in [-0.4, -0.2) is 28.3 Å². The molecule has 2 nitrogen and oxygen atoms in total. The maximum Gasteiger partial charge on any atom is 0.184 e. The topological polar surface area (TPSA) is 18.5 Å². The molecule has 0 heterocycles. The van der Waals surface area contributed by atoms with Crippen molar-refractivity contribution in [2.24, 2.45) is 0 Å². The van der Waals surface area contributed by atoms with Gasteiger partial charge in [0.05, 0.1) is 5.60 Å². The molecule has 1 fully saturated rings. The SMILES string of the molecule is CC1(O[Si](C)(C)C)CCC(O[Si](C)(C)C)CC1. The molecule has 4 heteroatoms. The molecule has 17 heavy (non-hydrogen) atoms. The minimum absolute atomic E-state index is 0.115. The van der Waals surface area contributed by atoms with Crippen LogP contribution in [0, 0.1) is 0 Å². The van der Waals surface area contributed by atoms with Crippen molar-refractivity contribution in [1.29, 1.82) is 0 Å². The van der Waals surface area contributed by atoms with Crippen molar-refractivity contribution in [2.75, 3.05) is 0 Å². The summed E-state index contributed by atoms with van der Waals surface area (Å²) in [5.74, 6) is 0. The Morgan fingerprint density at radius 2 is 1.35 bits per heavy atom. The van der Waals surface area contributed by atoms with Gasteiger partial charge >= 0.3 is 0 Å². The molecule has 0 unspecified atom stereocenters. The van der Waals surface area contributed by atoms with Crippen molar-refractivity contribution in [3.05, 3.63) is 0 Å². The van der Waals surface area contributed by atoms with E-state index < -0.39 is 16.6 Å². The van der Waals surface area contributed by atoms with Crippen molar-refractivity contribution < 1.29 is 8.85 Å². The van der Waals surface area contributed by atoms with E-state index in [1.54, 1.807) is 0 Å². The molecule has 1 rings (SSSR count). The van der Waals surface area contributed by atoms with E-state index in [9.17, 15) is 0 Å². The van der Waals surface area contributed by atoms with Crippen LogP contribution < -0.4 is 0 Å². The fraction of sp³-hybridized carbons (Fsp3) is 1.00. The summed E-state index contributed by atoms with van der Waals surface area (Å²) in [6.45, 7) is 16.0. The highest BCUT2D eigenvalue weighted by molar-refractivity contribution is 6.70. The molecule has 0 aromatic carbocycles. The first-order valence-corrected chi connectivity index (χ1v) is 13.7. The van der Waals surface area contributed by atoms with Crippen molar-refractivity contribution in [3.8, 4) is 0 Å². The quantitative estimate of drug-likeness (QED) is 0.708. The highest BCUT2D eigenvalue weighted by Gasteiger charge is 2.36. The Labute approximate surface area is 109 Å². The van der Waals surface area contributed by atoms with Gasteiger partial charge in [0.25, 0.3) is 0 Å². The summed E-state index contributed by atoms with van der Waals surface area (Å²) >= 11 is 0. The smallest absolute Gasteiger partial charge is 0.184 e. The Morgan fingerprint density at radius 3 is 1.71 bits per heavy atom. The molecule has 1 saturated carbocycles. The lowest BCUT2D eigenvalue weighted by Crippen LogP contribution is -2.45. The van der Waals surface area contributed by atoms with Gasteiger partial charge in [0.1, 0.15) is 0 Å². The molecule has 0 amide bonds. The minimum atomic E-state index is -1.42. The molecule has 0 aromatic heterocycles. The lowest BCUT2D eigenvalue weighted by atomic mass is 9.85. The molecule has 0 radical (unpaired) electrons. The highest BCUT2D eigenvalue weighted by atomic mass is 28.4. The van der Waals surface area contributed by atoms with Gasteiger partial charge in [-0.3, -0.25) is 0 Å². The van der Waals surface area contributed by atoms with Crippen molar-refractivity contribution >= 4 is 16.6 Å². The summed E-state index contributed by atoms with van der Waals surface area (Å²) in [6, 6.07) is 0. The molecule has 0 aliphatic heterocycles. The monoisotopic (exact) mass is 274 g/mol. The van der Waals surface area contributed by atoms with E-state index in [0.717, 1.165) is 12.8 Å². The van der Waals surface area contributed by atoms with Crippen LogP contribution in [0.25, 0.3) is 0 Å². The second-order valence-corrected chi connectivity index (χ2v) is 16.5. The molecule has 1 aliphatic rings. The maximum atomic E-state index is 6.34. The van der Waals surface area contributed by atoms with Crippen molar-refractivity contribution in [2.45, 2.75) is 83.6 Å². The molecule has 0 saturated heterocycles. The largest absolute Gasteiger partial charge is 0.415 e. The predicted octanol–water partition coefficient (Wildman–Crippen LogP) is 4.39. The second kappa shape index (κ2) is 5.15. The first kappa shape index (κ1) is 15.4. The zero-order valence-corrected chi connectivity index (χ0v) is 14.7. The average Bonchev–Trinajstić information content (AvgIpc) is 2.04. The molecular formula is C13H30O2Si2. The van der Waals surface area contributed by atoms with E-state index in [-0.39, 0.29) is 5.60 Å². The van der Waals surface area contributed by atoms with Crippen LogP contribution in [0.15, 0.2) is 0 Å². The average molecular weight is 275 g/mol. The standard InChI is InChI=1S/C13H30O2Si2/c1-13(15-17(5,6)7)10-8-12(9-11-13)14-16(2,3)4/h12H,8-11H2,1-7H3. The summed E-state index contributed by atoms with van der Waals surface area (Å²) in [5.41, 5.74) is 0.115. The fourth-order valence-electron chi connectivity index (χ4n) is 2.66. The van der Waals surface area contributed by atoms with Crippen LogP contribution in [0.1, 0.15) is 32.6 Å². The molecule has 102 valence electrons. The van der Waals surface area contributed by atoms with Gasteiger partial charge in [-0.25, -0.2) is 0 Å². The normalized spacial score (nSPS) is 31.6. The molecule has 0 atom stereocenters. The lowest BCUT2D eigenvalue weighted by Gasteiger charge is -2.42. The highest BCUT2D eigenvalue weighted by Crippen LogP contribution is 2.35. The van der Waals surface area contributed by atoms with Crippen LogP contribution in [-0.2, 0) is 8.85 Å². The van der Waals surface area contributed by atoms with E-state index in [4.69, 9.17) is 8.85 Å². The van der Waals surface area contributed by atoms with Crippen LogP contribution in [0.4, 0.5) is 0 Å². The van der Waals surface area contributed by atoms with Gasteiger partial charge < -0.3 is 8.85 Å². The van der Waals surface area contributed by atoms with Crippen LogP contribution >= 0.6 is 0 Å². The van der Waals surface area contributed by atoms with Crippen molar-refractivity contribution in [1.82, 2.24) is 0 Å². The van der Waals surface area contributed by atoms with Crippen LogP contribution in [0.5, 0.6) is 0 Å².